The fraction of sp³-hybridized carbons (Fsp3) is 0.692. The smallest absolute Gasteiger partial charge is 0.252 e. The van der Waals surface area contributed by atoms with Crippen molar-refractivity contribution in [2.24, 2.45) is 7.05 Å². The molecule has 1 aromatic rings. The summed E-state index contributed by atoms with van der Waals surface area (Å²) in [6, 6.07) is 0.0596. The van der Waals surface area contributed by atoms with Gasteiger partial charge in [-0.05, 0) is 33.1 Å². The largest absolute Gasteiger partial charge is 0.369 e. The van der Waals surface area contributed by atoms with Crippen LogP contribution in [-0.4, -0.2) is 28.4 Å². The first-order chi connectivity index (χ1) is 8.45. The number of amides is 1. The predicted molar refractivity (Wildman–Crippen MR) is 68.1 cm³/mol. The highest BCUT2D eigenvalue weighted by molar-refractivity contribution is 5.84. The Morgan fingerprint density at radius 1 is 1.61 bits per heavy atom. The van der Waals surface area contributed by atoms with Crippen LogP contribution >= 0.6 is 0 Å². The first-order valence-corrected chi connectivity index (χ1v) is 6.32. The summed E-state index contributed by atoms with van der Waals surface area (Å²) in [6.07, 6.45) is 4.93. The van der Waals surface area contributed by atoms with Crippen molar-refractivity contribution in [3.8, 4) is 0 Å². The highest BCUT2D eigenvalue weighted by Crippen LogP contribution is 2.29. The highest BCUT2D eigenvalue weighted by atomic mass is 16.5. The van der Waals surface area contributed by atoms with E-state index in [1.165, 1.54) is 5.69 Å². The molecule has 0 fully saturated rings. The molecule has 100 valence electrons. The van der Waals surface area contributed by atoms with E-state index in [9.17, 15) is 4.79 Å². The Morgan fingerprint density at radius 3 is 3.00 bits per heavy atom. The fourth-order valence-corrected chi connectivity index (χ4v) is 2.28. The molecule has 0 bridgehead atoms. The molecule has 5 nitrogen and oxygen atoms in total. The number of hydrogen-bond donors (Lipinski definition) is 1. The third kappa shape index (κ3) is 2.27. The molecule has 1 amide bonds. The normalized spacial score (nSPS) is 19.4. The van der Waals surface area contributed by atoms with Crippen LogP contribution in [0, 0.1) is 0 Å². The van der Waals surface area contributed by atoms with Crippen molar-refractivity contribution in [2.45, 2.75) is 44.8 Å². The summed E-state index contributed by atoms with van der Waals surface area (Å²) in [6.45, 7) is 3.55. The zero-order valence-corrected chi connectivity index (χ0v) is 11.5. The Bertz CT molecular complexity index is 451. The molecule has 0 aromatic carbocycles. The van der Waals surface area contributed by atoms with Gasteiger partial charge in [0.05, 0.1) is 12.2 Å². The Morgan fingerprint density at radius 2 is 2.33 bits per heavy atom. The van der Waals surface area contributed by atoms with Gasteiger partial charge < -0.3 is 10.1 Å². The number of ether oxygens (including phenoxy) is 1. The van der Waals surface area contributed by atoms with E-state index in [-0.39, 0.29) is 11.9 Å². The average molecular weight is 251 g/mol. The minimum Gasteiger partial charge on any atom is -0.369 e. The summed E-state index contributed by atoms with van der Waals surface area (Å²) in [5, 5.41) is 7.33. The van der Waals surface area contributed by atoms with Crippen LogP contribution in [0.2, 0.25) is 0 Å². The molecule has 1 N–H and O–H groups in total. The topological polar surface area (TPSA) is 56.1 Å². The van der Waals surface area contributed by atoms with Gasteiger partial charge in [-0.15, -0.1) is 0 Å². The fourth-order valence-electron chi connectivity index (χ4n) is 2.28. The van der Waals surface area contributed by atoms with Gasteiger partial charge in [0.15, 0.2) is 0 Å². The Kier molecular flexibility index (Phi) is 3.43. The quantitative estimate of drug-likeness (QED) is 0.882. The van der Waals surface area contributed by atoms with E-state index in [0.717, 1.165) is 24.8 Å². The van der Waals surface area contributed by atoms with Crippen molar-refractivity contribution in [3.05, 3.63) is 17.5 Å². The van der Waals surface area contributed by atoms with Crippen molar-refractivity contribution in [1.82, 2.24) is 15.1 Å². The van der Waals surface area contributed by atoms with Crippen molar-refractivity contribution in [3.63, 3.8) is 0 Å². The average Bonchev–Trinajstić information content (AvgIpc) is 2.72. The first-order valence-electron chi connectivity index (χ1n) is 6.32. The first kappa shape index (κ1) is 13.1. The van der Waals surface area contributed by atoms with E-state index < -0.39 is 5.60 Å². The molecule has 0 radical (unpaired) electrons. The minimum atomic E-state index is -0.792. The zero-order valence-electron chi connectivity index (χ0n) is 11.5. The Labute approximate surface area is 108 Å². The van der Waals surface area contributed by atoms with Gasteiger partial charge in [-0.3, -0.25) is 9.48 Å². The standard InChI is InChI=1S/C13H21N3O2/c1-13(2,18-4)12(17)15-10-6-5-7-11-9(10)8-14-16(11)3/h8,10H,5-7H2,1-4H3,(H,15,17). The van der Waals surface area contributed by atoms with Gasteiger partial charge in [0, 0.05) is 25.4 Å². The van der Waals surface area contributed by atoms with Crippen molar-refractivity contribution < 1.29 is 9.53 Å². The van der Waals surface area contributed by atoms with E-state index in [4.69, 9.17) is 4.74 Å². The van der Waals surface area contributed by atoms with Crippen LogP contribution in [0.1, 0.15) is 44.0 Å². The monoisotopic (exact) mass is 251 g/mol. The van der Waals surface area contributed by atoms with Crippen molar-refractivity contribution >= 4 is 5.91 Å². The van der Waals surface area contributed by atoms with Crippen LogP contribution < -0.4 is 5.32 Å². The summed E-state index contributed by atoms with van der Waals surface area (Å²) < 4.78 is 7.10. The van der Waals surface area contributed by atoms with E-state index >= 15 is 0 Å². The van der Waals surface area contributed by atoms with E-state index in [1.807, 2.05) is 17.9 Å². The van der Waals surface area contributed by atoms with Gasteiger partial charge in [-0.25, -0.2) is 0 Å². The number of carbonyl (C=O) groups excluding carboxylic acids is 1. The maximum Gasteiger partial charge on any atom is 0.252 e. The lowest BCUT2D eigenvalue weighted by Crippen LogP contribution is -2.45. The molecule has 1 atom stereocenters. The number of methoxy groups -OCH3 is 1. The van der Waals surface area contributed by atoms with Crippen LogP contribution in [0.4, 0.5) is 0 Å². The van der Waals surface area contributed by atoms with Crippen LogP contribution in [0.25, 0.3) is 0 Å². The van der Waals surface area contributed by atoms with E-state index in [0.29, 0.717) is 0 Å². The summed E-state index contributed by atoms with van der Waals surface area (Å²) >= 11 is 0. The van der Waals surface area contributed by atoms with Crippen LogP contribution in [0.15, 0.2) is 6.20 Å². The molecule has 2 rings (SSSR count). The third-order valence-electron chi connectivity index (χ3n) is 3.74. The zero-order chi connectivity index (χ0) is 13.3. The van der Waals surface area contributed by atoms with E-state index in [2.05, 4.69) is 10.4 Å². The molecular formula is C13H21N3O2. The summed E-state index contributed by atoms with van der Waals surface area (Å²) in [5.74, 6) is -0.0771. The lowest BCUT2D eigenvalue weighted by Gasteiger charge is -2.28. The highest BCUT2D eigenvalue weighted by Gasteiger charge is 2.31. The second kappa shape index (κ2) is 4.72. The summed E-state index contributed by atoms with van der Waals surface area (Å²) in [5.41, 5.74) is 1.57. The van der Waals surface area contributed by atoms with Crippen molar-refractivity contribution in [2.75, 3.05) is 7.11 Å². The molecule has 1 unspecified atom stereocenters. The number of carbonyl (C=O) groups is 1. The number of hydrogen-bond acceptors (Lipinski definition) is 3. The third-order valence-corrected chi connectivity index (χ3v) is 3.74. The van der Waals surface area contributed by atoms with Gasteiger partial charge in [0.2, 0.25) is 0 Å². The molecule has 1 aromatic heterocycles. The SMILES string of the molecule is COC(C)(C)C(=O)NC1CCCc2c1cnn2C. The van der Waals surface area contributed by atoms with Gasteiger partial charge in [-0.2, -0.15) is 5.10 Å². The Hall–Kier alpha value is -1.36. The predicted octanol–water partition coefficient (Wildman–Crippen LogP) is 1.34. The molecule has 0 spiro atoms. The van der Waals surface area contributed by atoms with Gasteiger partial charge in [0.25, 0.3) is 5.91 Å². The number of aryl methyl sites for hydroxylation is 1. The Balaban J connectivity index is 2.15. The maximum absolute atomic E-state index is 12.1. The molecule has 0 saturated carbocycles. The second-order valence-corrected chi connectivity index (χ2v) is 5.30. The van der Waals surface area contributed by atoms with Gasteiger partial charge in [-0.1, -0.05) is 0 Å². The summed E-state index contributed by atoms with van der Waals surface area (Å²) in [4.78, 5) is 12.1. The lowest BCUT2D eigenvalue weighted by atomic mass is 9.92. The minimum absolute atomic E-state index is 0.0596. The molecule has 5 heteroatoms. The number of fused-ring (bicyclic) bond motifs is 1. The van der Waals surface area contributed by atoms with Gasteiger partial charge >= 0.3 is 0 Å². The number of aromatic nitrogens is 2. The van der Waals surface area contributed by atoms with Gasteiger partial charge in [0.1, 0.15) is 5.60 Å². The second-order valence-electron chi connectivity index (χ2n) is 5.30. The molecule has 1 aliphatic carbocycles. The summed E-state index contributed by atoms with van der Waals surface area (Å²) in [7, 11) is 3.50. The van der Waals surface area contributed by atoms with Crippen LogP contribution in [-0.2, 0) is 23.0 Å². The number of rotatable bonds is 3. The van der Waals surface area contributed by atoms with Crippen molar-refractivity contribution in [1.29, 1.82) is 0 Å². The van der Waals surface area contributed by atoms with Crippen LogP contribution in [0.5, 0.6) is 0 Å². The molecule has 1 aliphatic rings. The van der Waals surface area contributed by atoms with E-state index in [1.54, 1.807) is 21.0 Å². The van der Waals surface area contributed by atoms with Crippen LogP contribution in [0.3, 0.4) is 0 Å². The molecule has 1 heterocycles. The maximum atomic E-state index is 12.1. The molecular weight excluding hydrogens is 230 g/mol. The molecule has 0 aliphatic heterocycles. The molecule has 0 saturated heterocycles. The number of nitrogens with one attached hydrogen (secondary N) is 1. The number of nitrogens with zero attached hydrogens (tertiary/aromatic N) is 2. The molecule has 18 heavy (non-hydrogen) atoms. The lowest BCUT2D eigenvalue weighted by molar-refractivity contribution is -0.140.